The van der Waals surface area contributed by atoms with Gasteiger partial charge in [0.1, 0.15) is 6.20 Å². The number of carbonyl (C=O) groups excluding carboxylic acids is 1. The molecule has 128 valence electrons. The van der Waals surface area contributed by atoms with Crippen molar-refractivity contribution in [3.05, 3.63) is 63.5 Å². The Hall–Kier alpha value is -2.51. The van der Waals surface area contributed by atoms with E-state index in [1.807, 2.05) is 25.1 Å². The van der Waals surface area contributed by atoms with E-state index >= 15 is 0 Å². The number of aryl methyl sites for hydroxylation is 1. The molecule has 1 heterocycles. The molecule has 2 rings (SSSR count). The van der Waals surface area contributed by atoms with E-state index in [0.29, 0.717) is 17.9 Å². The molecule has 1 aromatic heterocycles. The van der Waals surface area contributed by atoms with Crippen LogP contribution in [-0.2, 0) is 6.54 Å². The molecule has 1 amide bonds. The normalized spacial score (nSPS) is 9.92. The van der Waals surface area contributed by atoms with Gasteiger partial charge in [0, 0.05) is 18.3 Å². The second-order valence-corrected chi connectivity index (χ2v) is 4.98. The lowest BCUT2D eigenvalue weighted by Gasteiger charge is -2.12. The van der Waals surface area contributed by atoms with E-state index in [1.165, 1.54) is 6.07 Å². The highest BCUT2D eigenvalue weighted by Crippen LogP contribution is 2.19. The first-order chi connectivity index (χ1) is 11.0. The number of hydrogen-bond acceptors (Lipinski definition) is 5. The SMILES string of the molecule is CCNCc1ccccc1NC(=O)c1cc([N+](=O)[O-])cnc1C.Cl. The molecule has 2 N–H and O–H groups in total. The average Bonchev–Trinajstić information content (AvgIpc) is 2.54. The number of benzene rings is 1. The second-order valence-electron chi connectivity index (χ2n) is 4.98. The number of hydrogen-bond donors (Lipinski definition) is 2. The van der Waals surface area contributed by atoms with E-state index in [1.54, 1.807) is 13.0 Å². The quantitative estimate of drug-likeness (QED) is 0.616. The summed E-state index contributed by atoms with van der Waals surface area (Å²) >= 11 is 0. The number of amides is 1. The molecule has 7 nitrogen and oxygen atoms in total. The van der Waals surface area contributed by atoms with Crippen LogP contribution >= 0.6 is 12.4 Å². The molecule has 0 atom stereocenters. The molecule has 0 aliphatic heterocycles. The lowest BCUT2D eigenvalue weighted by Crippen LogP contribution is -2.18. The topological polar surface area (TPSA) is 97.2 Å². The molecule has 0 saturated heterocycles. The van der Waals surface area contributed by atoms with Gasteiger partial charge in [-0.05, 0) is 25.1 Å². The van der Waals surface area contributed by atoms with Crippen molar-refractivity contribution in [3.63, 3.8) is 0 Å². The number of carbonyl (C=O) groups is 1. The van der Waals surface area contributed by atoms with E-state index in [4.69, 9.17) is 0 Å². The van der Waals surface area contributed by atoms with Crippen molar-refractivity contribution in [1.82, 2.24) is 10.3 Å². The fraction of sp³-hybridized carbons (Fsp3) is 0.250. The van der Waals surface area contributed by atoms with Gasteiger partial charge >= 0.3 is 0 Å². The van der Waals surface area contributed by atoms with Crippen molar-refractivity contribution in [2.75, 3.05) is 11.9 Å². The lowest BCUT2D eigenvalue weighted by molar-refractivity contribution is -0.385. The van der Waals surface area contributed by atoms with Gasteiger partial charge < -0.3 is 10.6 Å². The standard InChI is InChI=1S/C16H18N4O3.ClH/c1-3-17-9-12-6-4-5-7-15(12)19-16(21)14-8-13(20(22)23)10-18-11(14)2;/h4-8,10,17H,3,9H2,1-2H3,(H,19,21);1H. The van der Waals surface area contributed by atoms with E-state index in [-0.39, 0.29) is 23.7 Å². The van der Waals surface area contributed by atoms with Crippen LogP contribution in [0.4, 0.5) is 11.4 Å². The highest BCUT2D eigenvalue weighted by molar-refractivity contribution is 6.05. The fourth-order valence-corrected chi connectivity index (χ4v) is 2.10. The summed E-state index contributed by atoms with van der Waals surface area (Å²) in [5, 5.41) is 16.8. The number of anilines is 1. The maximum absolute atomic E-state index is 12.4. The van der Waals surface area contributed by atoms with Crippen LogP contribution in [0.3, 0.4) is 0 Å². The van der Waals surface area contributed by atoms with Gasteiger partial charge in [0.25, 0.3) is 11.6 Å². The van der Waals surface area contributed by atoms with Crippen LogP contribution in [0.2, 0.25) is 0 Å². The first kappa shape index (κ1) is 19.5. The average molecular weight is 351 g/mol. The molecule has 8 heteroatoms. The molecule has 0 unspecified atom stereocenters. The molecular formula is C16H19ClN4O3. The third-order valence-corrected chi connectivity index (χ3v) is 3.36. The number of aromatic nitrogens is 1. The third kappa shape index (κ3) is 4.74. The predicted octanol–water partition coefficient (Wildman–Crippen LogP) is 3.08. The van der Waals surface area contributed by atoms with Gasteiger partial charge in [-0.25, -0.2) is 0 Å². The van der Waals surface area contributed by atoms with E-state index in [0.717, 1.165) is 18.3 Å². The van der Waals surface area contributed by atoms with Gasteiger partial charge in [0.15, 0.2) is 0 Å². The first-order valence-electron chi connectivity index (χ1n) is 7.24. The molecule has 2 aromatic rings. The van der Waals surface area contributed by atoms with Crippen molar-refractivity contribution in [2.24, 2.45) is 0 Å². The lowest BCUT2D eigenvalue weighted by atomic mass is 10.1. The molecular weight excluding hydrogens is 332 g/mol. The summed E-state index contributed by atoms with van der Waals surface area (Å²) in [6, 6.07) is 8.66. The van der Waals surface area contributed by atoms with Crippen molar-refractivity contribution < 1.29 is 9.72 Å². The van der Waals surface area contributed by atoms with Gasteiger partial charge in [-0.15, -0.1) is 12.4 Å². The molecule has 0 bridgehead atoms. The van der Waals surface area contributed by atoms with Crippen LogP contribution in [-0.4, -0.2) is 22.4 Å². The molecule has 1 aromatic carbocycles. The number of para-hydroxylation sites is 1. The molecule has 0 aliphatic carbocycles. The van der Waals surface area contributed by atoms with Crippen molar-refractivity contribution in [2.45, 2.75) is 20.4 Å². The summed E-state index contributed by atoms with van der Waals surface area (Å²) in [5.74, 6) is -0.414. The Bertz CT molecular complexity index is 737. The zero-order valence-corrected chi connectivity index (χ0v) is 14.2. The van der Waals surface area contributed by atoms with Crippen molar-refractivity contribution in [3.8, 4) is 0 Å². The minimum atomic E-state index is -0.567. The summed E-state index contributed by atoms with van der Waals surface area (Å²) in [7, 11) is 0. The smallest absolute Gasteiger partial charge is 0.288 e. The van der Waals surface area contributed by atoms with Crippen LogP contribution in [0.25, 0.3) is 0 Å². The van der Waals surface area contributed by atoms with Gasteiger partial charge in [0.2, 0.25) is 0 Å². The van der Waals surface area contributed by atoms with Crippen LogP contribution in [0, 0.1) is 17.0 Å². The number of nitro groups is 1. The van der Waals surface area contributed by atoms with Crippen LogP contribution in [0.1, 0.15) is 28.5 Å². The Kier molecular flexibility index (Phi) is 7.29. The Labute approximate surface area is 146 Å². The number of halogens is 1. The Morgan fingerprint density at radius 3 is 2.71 bits per heavy atom. The second kappa shape index (κ2) is 8.95. The van der Waals surface area contributed by atoms with E-state index in [2.05, 4.69) is 15.6 Å². The molecule has 0 radical (unpaired) electrons. The van der Waals surface area contributed by atoms with Crippen LogP contribution in [0.5, 0.6) is 0 Å². The zero-order chi connectivity index (χ0) is 16.8. The van der Waals surface area contributed by atoms with Crippen molar-refractivity contribution in [1.29, 1.82) is 0 Å². The zero-order valence-electron chi connectivity index (χ0n) is 13.4. The minimum absolute atomic E-state index is 0. The third-order valence-electron chi connectivity index (χ3n) is 3.36. The van der Waals surface area contributed by atoms with E-state index < -0.39 is 10.8 Å². The molecule has 0 fully saturated rings. The van der Waals surface area contributed by atoms with Gasteiger partial charge in [-0.1, -0.05) is 25.1 Å². The molecule has 24 heavy (non-hydrogen) atoms. The first-order valence-corrected chi connectivity index (χ1v) is 7.24. The Balaban J connectivity index is 0.00000288. The molecule has 0 aliphatic rings. The minimum Gasteiger partial charge on any atom is -0.322 e. The van der Waals surface area contributed by atoms with Gasteiger partial charge in [-0.2, -0.15) is 0 Å². The Morgan fingerprint density at radius 2 is 2.04 bits per heavy atom. The maximum Gasteiger partial charge on any atom is 0.288 e. The summed E-state index contributed by atoms with van der Waals surface area (Å²) < 4.78 is 0. The van der Waals surface area contributed by atoms with Crippen molar-refractivity contribution >= 4 is 29.7 Å². The predicted molar refractivity (Wildman–Crippen MR) is 94.7 cm³/mol. The van der Waals surface area contributed by atoms with Gasteiger partial charge in [0.05, 0.1) is 16.2 Å². The van der Waals surface area contributed by atoms with Gasteiger partial charge in [-0.3, -0.25) is 19.9 Å². The summed E-state index contributed by atoms with van der Waals surface area (Å²) in [6.45, 7) is 5.08. The summed E-state index contributed by atoms with van der Waals surface area (Å²) in [6.07, 6.45) is 1.14. The Morgan fingerprint density at radius 1 is 1.33 bits per heavy atom. The maximum atomic E-state index is 12.4. The fourth-order valence-electron chi connectivity index (χ4n) is 2.10. The number of pyridine rings is 1. The number of rotatable bonds is 6. The largest absolute Gasteiger partial charge is 0.322 e. The highest BCUT2D eigenvalue weighted by Gasteiger charge is 2.16. The summed E-state index contributed by atoms with van der Waals surface area (Å²) in [4.78, 5) is 26.6. The summed E-state index contributed by atoms with van der Waals surface area (Å²) in [5.41, 5.74) is 2.04. The molecule has 0 saturated carbocycles. The highest BCUT2D eigenvalue weighted by atomic mass is 35.5. The monoisotopic (exact) mass is 350 g/mol. The van der Waals surface area contributed by atoms with Crippen LogP contribution in [0.15, 0.2) is 36.5 Å². The molecule has 0 spiro atoms. The van der Waals surface area contributed by atoms with Crippen LogP contribution < -0.4 is 10.6 Å². The number of nitrogens with zero attached hydrogens (tertiary/aromatic N) is 2. The number of nitrogens with one attached hydrogen (secondary N) is 2. The van der Waals surface area contributed by atoms with E-state index in [9.17, 15) is 14.9 Å².